The van der Waals surface area contributed by atoms with Gasteiger partial charge >= 0.3 is 6.03 Å². The Hall–Kier alpha value is -3.10. The van der Waals surface area contributed by atoms with Gasteiger partial charge in [0.15, 0.2) is 5.88 Å². The van der Waals surface area contributed by atoms with E-state index in [0.717, 1.165) is 0 Å². The molecule has 9 heteroatoms. The molecule has 2 rings (SSSR count). The van der Waals surface area contributed by atoms with Crippen LogP contribution in [0.25, 0.3) is 0 Å². The van der Waals surface area contributed by atoms with Crippen molar-refractivity contribution < 1.29 is 19.6 Å². The van der Waals surface area contributed by atoms with E-state index in [9.17, 15) is 24.8 Å². The molecule has 1 aromatic carbocycles. The van der Waals surface area contributed by atoms with E-state index in [4.69, 9.17) is 0 Å². The van der Waals surface area contributed by atoms with Gasteiger partial charge in [0.1, 0.15) is 5.57 Å². The average molecular weight is 306 g/mol. The zero-order valence-corrected chi connectivity index (χ0v) is 11.9. The molecule has 1 fully saturated rings. The maximum atomic E-state index is 12.0. The first kappa shape index (κ1) is 15.3. The summed E-state index contributed by atoms with van der Waals surface area (Å²) in [5.41, 5.74) is 0.0484. The number of nitro groups is 1. The minimum absolute atomic E-state index is 0.0925. The maximum Gasteiger partial charge on any atom is 0.322 e. The summed E-state index contributed by atoms with van der Waals surface area (Å²) in [5.74, 6) is -1.10. The normalized spacial score (nSPS) is 20.0. The van der Waals surface area contributed by atoms with Crippen LogP contribution in [0.2, 0.25) is 0 Å². The number of hydrogen-bond acceptors (Lipinski definition) is 6. The molecule has 3 amide bonds. The van der Waals surface area contributed by atoms with E-state index < -0.39 is 22.9 Å². The zero-order chi connectivity index (χ0) is 16.4. The van der Waals surface area contributed by atoms with Gasteiger partial charge < -0.3 is 15.3 Å². The second kappa shape index (κ2) is 5.72. The van der Waals surface area contributed by atoms with Crippen LogP contribution in [0.15, 0.2) is 35.7 Å². The molecule has 22 heavy (non-hydrogen) atoms. The van der Waals surface area contributed by atoms with E-state index >= 15 is 0 Å². The second-order valence-electron chi connectivity index (χ2n) is 4.84. The van der Waals surface area contributed by atoms with Gasteiger partial charge in [-0.05, 0) is 5.56 Å². The zero-order valence-electron chi connectivity index (χ0n) is 11.9. The third-order valence-electron chi connectivity index (χ3n) is 3.11. The van der Waals surface area contributed by atoms with Crippen molar-refractivity contribution in [3.05, 3.63) is 51.4 Å². The number of non-ortho nitro benzene ring substituents is 1. The van der Waals surface area contributed by atoms with E-state index in [-0.39, 0.29) is 17.1 Å². The van der Waals surface area contributed by atoms with Crippen LogP contribution in [0, 0.1) is 10.1 Å². The van der Waals surface area contributed by atoms with Crippen LogP contribution in [0.5, 0.6) is 0 Å². The number of nitrogens with one attached hydrogen (secondary N) is 2. The van der Waals surface area contributed by atoms with Crippen molar-refractivity contribution in [3.8, 4) is 0 Å². The second-order valence-corrected chi connectivity index (χ2v) is 4.84. The number of nitro benzene ring substituents is 1. The molecule has 1 aromatic rings. The SMILES string of the molecule is CN(C)/C(O)=C1\C(=O)NC(=O)NC1c1cccc([N+](=O)[O-])c1. The van der Waals surface area contributed by atoms with Crippen LogP contribution in [0.4, 0.5) is 10.5 Å². The van der Waals surface area contributed by atoms with Crippen molar-refractivity contribution >= 4 is 17.6 Å². The summed E-state index contributed by atoms with van der Waals surface area (Å²) >= 11 is 0. The molecule has 0 spiro atoms. The first-order chi connectivity index (χ1) is 10.3. The molecular weight excluding hydrogens is 292 g/mol. The van der Waals surface area contributed by atoms with Crippen molar-refractivity contribution in [1.29, 1.82) is 0 Å². The summed E-state index contributed by atoms with van der Waals surface area (Å²) in [6.07, 6.45) is 0. The number of benzene rings is 1. The number of aliphatic hydroxyl groups excluding tert-OH is 1. The summed E-state index contributed by atoms with van der Waals surface area (Å²) in [4.78, 5) is 35.1. The largest absolute Gasteiger partial charge is 0.494 e. The van der Waals surface area contributed by atoms with Crippen molar-refractivity contribution in [3.63, 3.8) is 0 Å². The summed E-state index contributed by atoms with van der Waals surface area (Å²) in [6, 6.07) is 3.78. The van der Waals surface area contributed by atoms with Gasteiger partial charge in [-0.3, -0.25) is 20.2 Å². The number of rotatable bonds is 3. The molecule has 0 aliphatic carbocycles. The number of carbonyl (C=O) groups excluding carboxylic acids is 2. The Bertz CT molecular complexity index is 683. The monoisotopic (exact) mass is 306 g/mol. The number of nitrogens with zero attached hydrogens (tertiary/aromatic N) is 2. The van der Waals surface area contributed by atoms with Crippen LogP contribution in [-0.2, 0) is 4.79 Å². The van der Waals surface area contributed by atoms with Crippen LogP contribution in [-0.4, -0.2) is 41.0 Å². The lowest BCUT2D eigenvalue weighted by atomic mass is 9.96. The number of urea groups is 1. The molecule has 9 nitrogen and oxygen atoms in total. The van der Waals surface area contributed by atoms with Crippen LogP contribution >= 0.6 is 0 Å². The summed E-state index contributed by atoms with van der Waals surface area (Å²) < 4.78 is 0. The molecule has 1 aliphatic rings. The molecule has 1 unspecified atom stereocenters. The Morgan fingerprint density at radius 2 is 2.05 bits per heavy atom. The fourth-order valence-electron chi connectivity index (χ4n) is 2.08. The van der Waals surface area contributed by atoms with Gasteiger partial charge in [-0.1, -0.05) is 12.1 Å². The van der Waals surface area contributed by atoms with Crippen molar-refractivity contribution in [2.45, 2.75) is 6.04 Å². The average Bonchev–Trinajstić information content (AvgIpc) is 2.45. The molecule has 116 valence electrons. The van der Waals surface area contributed by atoms with Crippen LogP contribution in [0.1, 0.15) is 11.6 Å². The van der Waals surface area contributed by atoms with Gasteiger partial charge in [0.25, 0.3) is 11.6 Å². The third kappa shape index (κ3) is 2.82. The molecule has 3 N–H and O–H groups in total. The predicted molar refractivity (Wildman–Crippen MR) is 75.9 cm³/mol. The molecule has 0 saturated carbocycles. The Balaban J connectivity index is 2.55. The van der Waals surface area contributed by atoms with E-state index in [0.29, 0.717) is 5.56 Å². The third-order valence-corrected chi connectivity index (χ3v) is 3.11. The van der Waals surface area contributed by atoms with E-state index in [2.05, 4.69) is 5.32 Å². The summed E-state index contributed by atoms with van der Waals surface area (Å²) in [6.45, 7) is 0. The topological polar surface area (TPSA) is 125 Å². The maximum absolute atomic E-state index is 12.0. The lowest BCUT2D eigenvalue weighted by Crippen LogP contribution is -2.50. The highest BCUT2D eigenvalue weighted by molar-refractivity contribution is 6.08. The minimum atomic E-state index is -0.983. The van der Waals surface area contributed by atoms with E-state index in [1.54, 1.807) is 0 Å². The van der Waals surface area contributed by atoms with E-state index in [1.807, 2.05) is 5.32 Å². The van der Waals surface area contributed by atoms with Gasteiger partial charge in [0.05, 0.1) is 11.0 Å². The fraction of sp³-hybridized carbons (Fsp3) is 0.231. The standard InChI is InChI=1S/C13H14N4O5/c1-16(2)12(19)9-10(14-13(20)15-11(9)18)7-4-3-5-8(6-7)17(21)22/h3-6,10,19H,1-2H3,(H2,14,15,18,20)/b12-9+. The number of amides is 3. The smallest absolute Gasteiger partial charge is 0.322 e. The molecule has 1 atom stereocenters. The van der Waals surface area contributed by atoms with Crippen molar-refractivity contribution in [1.82, 2.24) is 15.5 Å². The van der Waals surface area contributed by atoms with Gasteiger partial charge in [-0.2, -0.15) is 0 Å². The van der Waals surface area contributed by atoms with Crippen molar-refractivity contribution in [2.75, 3.05) is 14.1 Å². The van der Waals surface area contributed by atoms with Gasteiger partial charge in [0.2, 0.25) is 0 Å². The molecule has 0 bridgehead atoms. The Morgan fingerprint density at radius 1 is 1.36 bits per heavy atom. The molecule has 0 radical (unpaired) electrons. The number of carbonyl (C=O) groups is 2. The first-order valence-corrected chi connectivity index (χ1v) is 6.28. The lowest BCUT2D eigenvalue weighted by molar-refractivity contribution is -0.384. The number of imide groups is 1. The number of aliphatic hydroxyl groups is 1. The molecular formula is C13H14N4O5. The lowest BCUT2D eigenvalue weighted by Gasteiger charge is -2.28. The predicted octanol–water partition coefficient (Wildman–Crippen LogP) is 0.806. The Morgan fingerprint density at radius 3 is 2.64 bits per heavy atom. The van der Waals surface area contributed by atoms with E-state index in [1.165, 1.54) is 43.3 Å². The molecule has 1 heterocycles. The van der Waals surface area contributed by atoms with Crippen LogP contribution < -0.4 is 10.6 Å². The first-order valence-electron chi connectivity index (χ1n) is 6.28. The molecule has 1 saturated heterocycles. The van der Waals surface area contributed by atoms with Gasteiger partial charge in [0, 0.05) is 26.2 Å². The van der Waals surface area contributed by atoms with Gasteiger partial charge in [-0.15, -0.1) is 0 Å². The van der Waals surface area contributed by atoms with Crippen LogP contribution in [0.3, 0.4) is 0 Å². The Labute approximate surface area is 125 Å². The summed E-state index contributed by atoms with van der Waals surface area (Å²) in [5, 5.41) is 25.4. The summed E-state index contributed by atoms with van der Waals surface area (Å²) in [7, 11) is 3.05. The highest BCUT2D eigenvalue weighted by Gasteiger charge is 2.35. The number of hydrogen-bond donors (Lipinski definition) is 3. The molecule has 0 aromatic heterocycles. The highest BCUT2D eigenvalue weighted by atomic mass is 16.6. The molecule has 1 aliphatic heterocycles. The highest BCUT2D eigenvalue weighted by Crippen LogP contribution is 2.29. The van der Waals surface area contributed by atoms with Gasteiger partial charge in [-0.25, -0.2) is 4.79 Å². The van der Waals surface area contributed by atoms with Crippen molar-refractivity contribution in [2.24, 2.45) is 0 Å². The Kier molecular flexibility index (Phi) is 3.97. The minimum Gasteiger partial charge on any atom is -0.494 e. The fourth-order valence-corrected chi connectivity index (χ4v) is 2.08. The quantitative estimate of drug-likeness (QED) is 0.328.